The van der Waals surface area contributed by atoms with Crippen molar-refractivity contribution in [2.45, 2.75) is 31.6 Å². The molecule has 0 unspecified atom stereocenters. The number of rotatable bonds is 4. The molecule has 8 heteroatoms. The van der Waals surface area contributed by atoms with Crippen molar-refractivity contribution >= 4 is 22.8 Å². The average Bonchev–Trinajstić information content (AvgIpc) is 2.74. The molecule has 158 valence electrons. The van der Waals surface area contributed by atoms with Crippen LogP contribution in [-0.4, -0.2) is 25.8 Å². The van der Waals surface area contributed by atoms with Crippen molar-refractivity contribution in [3.63, 3.8) is 0 Å². The normalized spacial score (nSPS) is 11.5. The van der Waals surface area contributed by atoms with E-state index in [9.17, 15) is 13.6 Å². The molecule has 5 nitrogen and oxygen atoms in total. The second-order valence-electron chi connectivity index (χ2n) is 7.42. The summed E-state index contributed by atoms with van der Waals surface area (Å²) in [6.07, 6.45) is 3.51. The molecule has 3 aromatic heterocycles. The first-order valence-electron chi connectivity index (χ1n) is 9.71. The zero-order valence-electron chi connectivity index (χ0n) is 17.5. The molecule has 0 amide bonds. The van der Waals surface area contributed by atoms with Crippen LogP contribution in [0.25, 0.3) is 28.0 Å². The second kappa shape index (κ2) is 8.19. The van der Waals surface area contributed by atoms with E-state index in [1.165, 1.54) is 28.5 Å². The maximum atomic E-state index is 14.7. The summed E-state index contributed by atoms with van der Waals surface area (Å²) < 4.78 is 30.6. The first kappa shape index (κ1) is 21.1. The molecular weight excluding hydrogens is 418 g/mol. The van der Waals surface area contributed by atoms with E-state index in [2.05, 4.69) is 15.0 Å². The van der Waals surface area contributed by atoms with E-state index >= 15 is 0 Å². The van der Waals surface area contributed by atoms with Gasteiger partial charge in [0.25, 0.3) is 0 Å². The minimum Gasteiger partial charge on any atom is -0.259 e. The minimum atomic E-state index is -0.915. The fourth-order valence-corrected chi connectivity index (χ4v) is 4.23. The van der Waals surface area contributed by atoms with Crippen LogP contribution >= 0.6 is 11.8 Å². The van der Waals surface area contributed by atoms with Crippen LogP contribution in [0.3, 0.4) is 0 Å². The summed E-state index contributed by atoms with van der Waals surface area (Å²) in [5.74, 6) is -1.36. The number of hydrogen-bond acceptors (Lipinski definition) is 5. The summed E-state index contributed by atoms with van der Waals surface area (Å²) in [5.41, 5.74) is 1.84. The SMILES string of the molecule is CSc1cccc(F)c1-c1ccc2c(F)nc(=O)n(-c3c(C)ccnc3C(C)C)c2n1. The van der Waals surface area contributed by atoms with Crippen LogP contribution in [0.15, 0.2) is 52.3 Å². The van der Waals surface area contributed by atoms with Gasteiger partial charge in [-0.25, -0.2) is 18.7 Å². The summed E-state index contributed by atoms with van der Waals surface area (Å²) in [7, 11) is 0. The van der Waals surface area contributed by atoms with Gasteiger partial charge >= 0.3 is 5.69 Å². The molecule has 0 atom stereocenters. The lowest BCUT2D eigenvalue weighted by Crippen LogP contribution is -2.26. The van der Waals surface area contributed by atoms with Gasteiger partial charge in [-0.05, 0) is 55.0 Å². The summed E-state index contributed by atoms with van der Waals surface area (Å²) in [6, 6.07) is 9.56. The van der Waals surface area contributed by atoms with Gasteiger partial charge in [0.15, 0.2) is 5.65 Å². The third kappa shape index (κ3) is 3.61. The van der Waals surface area contributed by atoms with Crippen LogP contribution in [0.4, 0.5) is 8.78 Å². The van der Waals surface area contributed by atoms with E-state index in [0.717, 1.165) is 5.56 Å². The second-order valence-corrected chi connectivity index (χ2v) is 8.27. The molecule has 0 aliphatic heterocycles. The van der Waals surface area contributed by atoms with Gasteiger partial charge in [-0.15, -0.1) is 11.8 Å². The molecule has 0 aliphatic carbocycles. The van der Waals surface area contributed by atoms with Crippen molar-refractivity contribution in [3.05, 3.63) is 76.1 Å². The van der Waals surface area contributed by atoms with Crippen LogP contribution in [0, 0.1) is 18.7 Å². The largest absolute Gasteiger partial charge is 0.356 e. The van der Waals surface area contributed by atoms with Gasteiger partial charge in [-0.2, -0.15) is 9.37 Å². The van der Waals surface area contributed by atoms with Crippen LogP contribution in [0.1, 0.15) is 31.0 Å². The zero-order valence-corrected chi connectivity index (χ0v) is 18.3. The molecule has 0 fully saturated rings. The molecule has 0 radical (unpaired) electrons. The van der Waals surface area contributed by atoms with Crippen molar-refractivity contribution < 1.29 is 8.78 Å². The first-order chi connectivity index (χ1) is 14.8. The zero-order chi connectivity index (χ0) is 22.3. The number of nitrogens with zero attached hydrogens (tertiary/aromatic N) is 4. The van der Waals surface area contributed by atoms with Crippen molar-refractivity contribution in [2.24, 2.45) is 0 Å². The number of benzene rings is 1. The van der Waals surface area contributed by atoms with Crippen LogP contribution < -0.4 is 5.69 Å². The van der Waals surface area contributed by atoms with Crippen molar-refractivity contribution in [1.82, 2.24) is 19.5 Å². The highest BCUT2D eigenvalue weighted by Gasteiger charge is 2.21. The number of aromatic nitrogens is 4. The molecule has 0 saturated carbocycles. The van der Waals surface area contributed by atoms with E-state index < -0.39 is 17.5 Å². The summed E-state index contributed by atoms with van der Waals surface area (Å²) >= 11 is 1.38. The maximum absolute atomic E-state index is 14.7. The lowest BCUT2D eigenvalue weighted by atomic mass is 10.0. The first-order valence-corrected chi connectivity index (χ1v) is 10.9. The molecular formula is C23H20F2N4OS. The Balaban J connectivity index is 2.13. The van der Waals surface area contributed by atoms with Gasteiger partial charge in [0.1, 0.15) is 5.82 Å². The number of fused-ring (bicyclic) bond motifs is 1. The fourth-order valence-electron chi connectivity index (χ4n) is 3.61. The highest BCUT2D eigenvalue weighted by molar-refractivity contribution is 7.98. The Morgan fingerprint density at radius 1 is 1.06 bits per heavy atom. The molecule has 1 aromatic carbocycles. The Kier molecular flexibility index (Phi) is 5.58. The van der Waals surface area contributed by atoms with E-state index in [1.807, 2.05) is 27.0 Å². The Labute approximate surface area is 182 Å². The van der Waals surface area contributed by atoms with E-state index in [-0.39, 0.29) is 17.0 Å². The molecule has 0 saturated heterocycles. The van der Waals surface area contributed by atoms with E-state index in [4.69, 9.17) is 0 Å². The molecule has 0 spiro atoms. The maximum Gasteiger partial charge on any atom is 0.356 e. The Morgan fingerprint density at radius 3 is 2.55 bits per heavy atom. The minimum absolute atomic E-state index is 0.000234. The van der Waals surface area contributed by atoms with Gasteiger partial charge in [0.05, 0.1) is 22.5 Å². The third-order valence-electron chi connectivity index (χ3n) is 5.07. The Bertz CT molecular complexity index is 1370. The Morgan fingerprint density at radius 2 is 1.84 bits per heavy atom. The van der Waals surface area contributed by atoms with Crippen LogP contribution in [0.5, 0.6) is 0 Å². The van der Waals surface area contributed by atoms with Gasteiger partial charge in [-0.3, -0.25) is 4.98 Å². The highest BCUT2D eigenvalue weighted by atomic mass is 32.2. The predicted molar refractivity (Wildman–Crippen MR) is 119 cm³/mol. The topological polar surface area (TPSA) is 60.7 Å². The van der Waals surface area contributed by atoms with Crippen molar-refractivity contribution in [3.8, 4) is 16.9 Å². The molecule has 0 N–H and O–H groups in total. The quantitative estimate of drug-likeness (QED) is 0.321. The lowest BCUT2D eigenvalue weighted by Gasteiger charge is -2.18. The van der Waals surface area contributed by atoms with Crippen LogP contribution in [-0.2, 0) is 0 Å². The van der Waals surface area contributed by atoms with Gasteiger partial charge < -0.3 is 0 Å². The lowest BCUT2D eigenvalue weighted by molar-refractivity contribution is 0.582. The average molecular weight is 439 g/mol. The number of aryl methyl sites for hydroxylation is 1. The van der Waals surface area contributed by atoms with Crippen molar-refractivity contribution in [1.29, 1.82) is 0 Å². The van der Waals surface area contributed by atoms with E-state index in [1.54, 1.807) is 30.5 Å². The number of hydrogen-bond donors (Lipinski definition) is 0. The van der Waals surface area contributed by atoms with Crippen molar-refractivity contribution in [2.75, 3.05) is 6.26 Å². The van der Waals surface area contributed by atoms with Gasteiger partial charge in [0.2, 0.25) is 5.95 Å². The third-order valence-corrected chi connectivity index (χ3v) is 5.85. The molecule has 3 heterocycles. The number of halogens is 2. The van der Waals surface area contributed by atoms with Crippen LogP contribution in [0.2, 0.25) is 0 Å². The molecule has 31 heavy (non-hydrogen) atoms. The standard InChI is InChI=1S/C23H20F2N4OS/c1-12(2)19-20(13(3)10-11-26-19)29-22-14(21(25)28-23(29)30)8-9-16(27-22)18-15(24)6-5-7-17(18)31-4/h5-12H,1-4H3. The summed E-state index contributed by atoms with van der Waals surface area (Å²) in [4.78, 5) is 26.1. The number of pyridine rings is 2. The Hall–Kier alpha value is -3.13. The van der Waals surface area contributed by atoms with E-state index in [0.29, 0.717) is 27.5 Å². The number of thioether (sulfide) groups is 1. The molecule has 0 bridgehead atoms. The predicted octanol–water partition coefficient (Wildman–Crippen LogP) is 5.27. The fraction of sp³-hybridized carbons (Fsp3) is 0.217. The monoisotopic (exact) mass is 438 g/mol. The molecule has 4 rings (SSSR count). The summed E-state index contributed by atoms with van der Waals surface area (Å²) in [6.45, 7) is 5.76. The van der Waals surface area contributed by atoms with Gasteiger partial charge in [0, 0.05) is 16.7 Å². The summed E-state index contributed by atoms with van der Waals surface area (Å²) in [5, 5.41) is 0.0725. The highest BCUT2D eigenvalue weighted by Crippen LogP contribution is 2.33. The molecule has 4 aromatic rings. The van der Waals surface area contributed by atoms with Gasteiger partial charge in [-0.1, -0.05) is 19.9 Å². The smallest absolute Gasteiger partial charge is 0.259 e. The molecule has 0 aliphatic rings.